The zero-order valence-corrected chi connectivity index (χ0v) is 26.7. The first-order valence-corrected chi connectivity index (χ1v) is 16.1. The zero-order chi connectivity index (χ0) is 32.7. The lowest BCUT2D eigenvalue weighted by Crippen LogP contribution is -2.46. The average Bonchev–Trinajstić information content (AvgIpc) is 2.95. The van der Waals surface area contributed by atoms with Crippen LogP contribution in [-0.4, -0.2) is 62.4 Å². The molecule has 3 N–H and O–H groups in total. The van der Waals surface area contributed by atoms with E-state index in [-0.39, 0.29) is 35.7 Å². The third kappa shape index (κ3) is 10.2. The quantitative estimate of drug-likeness (QED) is 0.259. The van der Waals surface area contributed by atoms with Gasteiger partial charge in [0, 0.05) is 18.2 Å². The smallest absolute Gasteiger partial charge is 0.309 e. The van der Waals surface area contributed by atoms with Crippen LogP contribution in [0.3, 0.4) is 0 Å². The number of ether oxygens (including phenoxy) is 1. The van der Waals surface area contributed by atoms with Crippen molar-refractivity contribution in [1.82, 2.24) is 10.6 Å². The fraction of sp³-hybridized carbons (Fsp3) is 0.364. The third-order valence-corrected chi connectivity index (χ3v) is 8.03. The molecule has 0 aliphatic rings. The molecule has 0 bridgehead atoms. The van der Waals surface area contributed by atoms with Crippen LogP contribution in [0.4, 0.5) is 5.69 Å². The van der Waals surface area contributed by atoms with Crippen LogP contribution in [0.15, 0.2) is 78.9 Å². The molecule has 0 radical (unpaired) electrons. The van der Waals surface area contributed by atoms with E-state index in [0.29, 0.717) is 0 Å². The van der Waals surface area contributed by atoms with Gasteiger partial charge in [0.2, 0.25) is 10.0 Å². The Bertz CT molecular complexity index is 1560. The number of sulfonamides is 1. The lowest BCUT2D eigenvalue weighted by Gasteiger charge is -2.26. The van der Waals surface area contributed by atoms with Crippen molar-refractivity contribution in [3.8, 4) is 0 Å². The molecule has 3 rings (SSSR count). The molecule has 10 nitrogen and oxygen atoms in total. The second kappa shape index (κ2) is 14.5. The average molecular weight is 624 g/mol. The summed E-state index contributed by atoms with van der Waals surface area (Å²) < 4.78 is 31.1. The molecule has 0 spiro atoms. The standard InChI is InChI=1S/C33H41N3O7S/c1-22(24-15-11-8-12-16-24)34-31(39)25-18-26(20-27(19-25)36(5)44(6,41)42)32(40)35-28(17-23-13-9-7-10-14-23)29(37)21-30(38)43-33(2,3)4/h7-16,18-20,22,28-29,37H,17,21H2,1-6H3,(H,34,39)(H,35,40)/t22-,28+,29+/m1/s1. The highest BCUT2D eigenvalue weighted by Crippen LogP contribution is 2.23. The van der Waals surface area contributed by atoms with Crippen LogP contribution in [0.1, 0.15) is 72.0 Å². The van der Waals surface area contributed by atoms with Crippen molar-refractivity contribution in [2.45, 2.75) is 64.3 Å². The van der Waals surface area contributed by atoms with E-state index in [1.54, 1.807) is 20.8 Å². The molecule has 44 heavy (non-hydrogen) atoms. The third-order valence-electron chi connectivity index (χ3n) is 6.83. The molecule has 0 aromatic heterocycles. The number of aliphatic hydroxyl groups excluding tert-OH is 1. The molecule has 0 aliphatic carbocycles. The Labute approximate surface area is 259 Å². The van der Waals surface area contributed by atoms with Gasteiger partial charge < -0.3 is 20.5 Å². The minimum atomic E-state index is -3.73. The highest BCUT2D eigenvalue weighted by molar-refractivity contribution is 7.92. The summed E-state index contributed by atoms with van der Waals surface area (Å²) in [6, 6.07) is 21.3. The Balaban J connectivity index is 1.94. The number of benzene rings is 3. The number of nitrogens with one attached hydrogen (secondary N) is 2. The Morgan fingerprint density at radius 3 is 1.93 bits per heavy atom. The summed E-state index contributed by atoms with van der Waals surface area (Å²) >= 11 is 0. The van der Waals surface area contributed by atoms with Crippen molar-refractivity contribution in [1.29, 1.82) is 0 Å². The summed E-state index contributed by atoms with van der Waals surface area (Å²) in [7, 11) is -2.41. The highest BCUT2D eigenvalue weighted by Gasteiger charge is 2.28. The van der Waals surface area contributed by atoms with Crippen LogP contribution < -0.4 is 14.9 Å². The maximum atomic E-state index is 13.7. The molecular weight excluding hydrogens is 582 g/mol. The minimum Gasteiger partial charge on any atom is -0.460 e. The van der Waals surface area contributed by atoms with Crippen molar-refractivity contribution in [3.05, 3.63) is 101 Å². The number of hydrogen-bond acceptors (Lipinski definition) is 7. The van der Waals surface area contributed by atoms with Crippen molar-refractivity contribution in [3.63, 3.8) is 0 Å². The molecule has 0 saturated carbocycles. The van der Waals surface area contributed by atoms with Gasteiger partial charge in [0.25, 0.3) is 11.8 Å². The van der Waals surface area contributed by atoms with Gasteiger partial charge in [-0.2, -0.15) is 0 Å². The number of amides is 2. The van der Waals surface area contributed by atoms with Crippen LogP contribution in [0.5, 0.6) is 0 Å². The van der Waals surface area contributed by atoms with Gasteiger partial charge in [0.1, 0.15) is 5.60 Å². The van der Waals surface area contributed by atoms with E-state index >= 15 is 0 Å². The van der Waals surface area contributed by atoms with Gasteiger partial charge in [-0.3, -0.25) is 18.7 Å². The topological polar surface area (TPSA) is 142 Å². The SMILES string of the molecule is C[C@@H](NC(=O)c1cc(C(=O)N[C@@H](Cc2ccccc2)[C@@H](O)CC(=O)OC(C)(C)C)cc(N(C)S(C)(=O)=O)c1)c1ccccc1. The Morgan fingerprint density at radius 1 is 0.886 bits per heavy atom. The summed E-state index contributed by atoms with van der Waals surface area (Å²) in [5.41, 5.74) is 1.09. The van der Waals surface area contributed by atoms with Gasteiger partial charge in [-0.1, -0.05) is 60.7 Å². The van der Waals surface area contributed by atoms with Crippen molar-refractivity contribution in [2.24, 2.45) is 0 Å². The number of esters is 1. The molecule has 0 aliphatic heterocycles. The molecule has 0 unspecified atom stereocenters. The first-order valence-electron chi connectivity index (χ1n) is 14.2. The number of carbonyl (C=O) groups excluding carboxylic acids is 3. The fourth-order valence-electron chi connectivity index (χ4n) is 4.45. The summed E-state index contributed by atoms with van der Waals surface area (Å²) in [6.45, 7) is 6.97. The second-order valence-corrected chi connectivity index (χ2v) is 13.7. The first-order chi connectivity index (χ1) is 20.5. The van der Waals surface area contributed by atoms with E-state index in [1.807, 2.05) is 67.6 Å². The fourth-order valence-corrected chi connectivity index (χ4v) is 4.94. The monoisotopic (exact) mass is 623 g/mol. The molecule has 11 heteroatoms. The number of carbonyl (C=O) groups is 3. The van der Waals surface area contributed by atoms with E-state index in [9.17, 15) is 27.9 Å². The highest BCUT2D eigenvalue weighted by atomic mass is 32.2. The molecule has 3 atom stereocenters. The molecule has 0 saturated heterocycles. The van der Waals surface area contributed by atoms with Crippen LogP contribution in [-0.2, 0) is 26.0 Å². The van der Waals surface area contributed by atoms with E-state index < -0.39 is 45.6 Å². The van der Waals surface area contributed by atoms with Gasteiger partial charge >= 0.3 is 5.97 Å². The van der Waals surface area contributed by atoms with E-state index in [4.69, 9.17) is 4.74 Å². The van der Waals surface area contributed by atoms with Crippen LogP contribution in [0.2, 0.25) is 0 Å². The zero-order valence-electron chi connectivity index (χ0n) is 25.9. The van der Waals surface area contributed by atoms with E-state index in [0.717, 1.165) is 21.7 Å². The number of aliphatic hydroxyl groups is 1. The second-order valence-electron chi connectivity index (χ2n) is 11.7. The predicted molar refractivity (Wildman–Crippen MR) is 170 cm³/mol. The van der Waals surface area contributed by atoms with Gasteiger partial charge in [-0.25, -0.2) is 8.42 Å². The number of rotatable bonds is 12. The van der Waals surface area contributed by atoms with Gasteiger partial charge in [-0.15, -0.1) is 0 Å². The van der Waals surface area contributed by atoms with Gasteiger partial charge in [0.05, 0.1) is 36.6 Å². The number of anilines is 1. The van der Waals surface area contributed by atoms with Gasteiger partial charge in [-0.05, 0) is 63.4 Å². The molecule has 2 amide bonds. The van der Waals surface area contributed by atoms with Crippen LogP contribution in [0, 0.1) is 0 Å². The number of hydrogen-bond donors (Lipinski definition) is 3. The van der Waals surface area contributed by atoms with Crippen molar-refractivity contribution < 1.29 is 32.6 Å². The molecule has 0 heterocycles. The van der Waals surface area contributed by atoms with Crippen molar-refractivity contribution >= 4 is 33.5 Å². The van der Waals surface area contributed by atoms with Crippen LogP contribution >= 0.6 is 0 Å². The summed E-state index contributed by atoms with van der Waals surface area (Å²) in [5.74, 6) is -1.80. The molecule has 0 fully saturated rings. The summed E-state index contributed by atoms with van der Waals surface area (Å²) in [4.78, 5) is 39.5. The normalized spacial score (nSPS) is 13.7. The maximum absolute atomic E-state index is 13.7. The summed E-state index contributed by atoms with van der Waals surface area (Å²) in [6.07, 6.45) is -0.455. The van der Waals surface area contributed by atoms with E-state index in [2.05, 4.69) is 10.6 Å². The summed E-state index contributed by atoms with van der Waals surface area (Å²) in [5, 5.41) is 16.7. The molecule has 3 aromatic rings. The van der Waals surface area contributed by atoms with Gasteiger partial charge in [0.15, 0.2) is 0 Å². The number of nitrogens with zero attached hydrogens (tertiary/aromatic N) is 1. The van der Waals surface area contributed by atoms with E-state index in [1.165, 1.54) is 25.2 Å². The van der Waals surface area contributed by atoms with Crippen molar-refractivity contribution in [2.75, 3.05) is 17.6 Å². The van der Waals surface area contributed by atoms with Crippen LogP contribution in [0.25, 0.3) is 0 Å². The minimum absolute atomic E-state index is 0.00181. The molecule has 236 valence electrons. The first kappa shape index (κ1) is 34.3. The Morgan fingerprint density at radius 2 is 1.41 bits per heavy atom. The Kier molecular flexibility index (Phi) is 11.3. The molecule has 3 aromatic carbocycles. The lowest BCUT2D eigenvalue weighted by atomic mass is 9.98. The largest absolute Gasteiger partial charge is 0.460 e. The maximum Gasteiger partial charge on any atom is 0.309 e. The molecular formula is C33H41N3O7S. The lowest BCUT2D eigenvalue weighted by molar-refractivity contribution is -0.157. The Hall–Kier alpha value is -4.22. The predicted octanol–water partition coefficient (Wildman–Crippen LogP) is 4.01.